The second kappa shape index (κ2) is 5.60. The molecule has 1 rings (SSSR count). The van der Waals surface area contributed by atoms with Crippen LogP contribution in [0, 0.1) is 15.9 Å². The maximum Gasteiger partial charge on any atom is 0.338 e. The Morgan fingerprint density at radius 3 is 2.65 bits per heavy atom. The van der Waals surface area contributed by atoms with Crippen molar-refractivity contribution in [2.24, 2.45) is 0 Å². The van der Waals surface area contributed by atoms with Crippen LogP contribution in [0.25, 0.3) is 0 Å². The number of nitro benzene ring substituents is 1. The second-order valence-electron chi connectivity index (χ2n) is 2.93. The summed E-state index contributed by atoms with van der Waals surface area (Å²) in [7, 11) is 0. The topological polar surface area (TPSA) is 101 Å². The van der Waals surface area contributed by atoms with Gasteiger partial charge in [-0.05, 0) is 6.07 Å². The molecule has 0 unspecified atom stereocenters. The number of benzene rings is 1. The highest BCUT2D eigenvalue weighted by molar-refractivity contribution is 7.99. The number of halogens is 1. The smallest absolute Gasteiger partial charge is 0.338 e. The number of nitro groups is 1. The number of nitrogens with zero attached hydrogens (tertiary/aromatic N) is 1. The van der Waals surface area contributed by atoms with Gasteiger partial charge in [0.15, 0.2) is 0 Å². The fraction of sp³-hybridized carbons (Fsp3) is 0.222. The van der Waals surface area contributed by atoms with Crippen molar-refractivity contribution in [1.82, 2.24) is 0 Å². The molecule has 92 valence electrons. The van der Waals surface area contributed by atoms with Gasteiger partial charge >= 0.3 is 5.97 Å². The van der Waals surface area contributed by atoms with Crippen molar-refractivity contribution in [2.45, 2.75) is 4.90 Å². The molecule has 1 aromatic rings. The molecule has 0 fully saturated rings. The molecule has 1 aromatic carbocycles. The van der Waals surface area contributed by atoms with Gasteiger partial charge in [0, 0.05) is 11.8 Å². The number of thioether (sulfide) groups is 1. The van der Waals surface area contributed by atoms with E-state index in [1.165, 1.54) is 0 Å². The SMILES string of the molecule is O=C(O)c1cc([N+](=O)[O-])c(SCCO)cc1F. The monoisotopic (exact) mass is 261 g/mol. The van der Waals surface area contributed by atoms with Crippen LogP contribution in [0.2, 0.25) is 0 Å². The summed E-state index contributed by atoms with van der Waals surface area (Å²) in [6.45, 7) is -0.218. The van der Waals surface area contributed by atoms with E-state index in [0.29, 0.717) is 6.07 Å². The number of carboxylic acids is 1. The highest BCUT2D eigenvalue weighted by atomic mass is 32.2. The van der Waals surface area contributed by atoms with Crippen molar-refractivity contribution < 1.29 is 24.3 Å². The van der Waals surface area contributed by atoms with Crippen molar-refractivity contribution in [3.8, 4) is 0 Å². The van der Waals surface area contributed by atoms with Gasteiger partial charge in [-0.25, -0.2) is 9.18 Å². The molecule has 0 amide bonds. The van der Waals surface area contributed by atoms with Crippen molar-refractivity contribution in [3.63, 3.8) is 0 Å². The molecular weight excluding hydrogens is 253 g/mol. The van der Waals surface area contributed by atoms with Gasteiger partial charge in [-0.15, -0.1) is 11.8 Å². The molecule has 0 bridgehead atoms. The number of aliphatic hydroxyl groups is 1. The van der Waals surface area contributed by atoms with Crippen LogP contribution in [0.15, 0.2) is 17.0 Å². The fourth-order valence-electron chi connectivity index (χ4n) is 1.12. The molecule has 0 heterocycles. The molecule has 17 heavy (non-hydrogen) atoms. The Balaban J connectivity index is 3.25. The standard InChI is InChI=1S/C9H8FNO5S/c10-6-4-8(17-2-1-12)7(11(15)16)3-5(6)9(13)14/h3-4,12H,1-2H2,(H,13,14). The lowest BCUT2D eigenvalue weighted by molar-refractivity contribution is -0.387. The molecule has 0 saturated carbocycles. The van der Waals surface area contributed by atoms with Gasteiger partial charge in [0.05, 0.1) is 16.4 Å². The van der Waals surface area contributed by atoms with Gasteiger partial charge in [-0.1, -0.05) is 0 Å². The predicted molar refractivity (Wildman–Crippen MR) is 57.8 cm³/mol. The first-order valence-corrected chi connectivity index (χ1v) is 5.40. The van der Waals surface area contributed by atoms with Gasteiger partial charge in [-0.2, -0.15) is 0 Å². The van der Waals surface area contributed by atoms with Crippen molar-refractivity contribution in [1.29, 1.82) is 0 Å². The number of aromatic carboxylic acids is 1. The largest absolute Gasteiger partial charge is 0.478 e. The number of carboxylic acid groups (broad SMARTS) is 1. The lowest BCUT2D eigenvalue weighted by Crippen LogP contribution is -2.03. The van der Waals surface area contributed by atoms with E-state index >= 15 is 0 Å². The molecule has 0 saturated heterocycles. The first kappa shape index (κ1) is 13.4. The average molecular weight is 261 g/mol. The van der Waals surface area contributed by atoms with Gasteiger partial charge in [-0.3, -0.25) is 10.1 Å². The number of carbonyl (C=O) groups is 1. The minimum Gasteiger partial charge on any atom is -0.478 e. The Labute approximate surface area is 99.2 Å². The molecule has 0 aliphatic carbocycles. The number of rotatable bonds is 5. The minimum atomic E-state index is -1.57. The van der Waals surface area contributed by atoms with E-state index < -0.39 is 28.0 Å². The number of hydrogen-bond acceptors (Lipinski definition) is 5. The quantitative estimate of drug-likeness (QED) is 0.473. The molecule has 0 spiro atoms. The van der Waals surface area contributed by atoms with Crippen LogP contribution in [0.3, 0.4) is 0 Å². The molecule has 8 heteroatoms. The third kappa shape index (κ3) is 3.14. The molecule has 0 radical (unpaired) electrons. The Kier molecular flexibility index (Phi) is 4.41. The van der Waals surface area contributed by atoms with Crippen LogP contribution >= 0.6 is 11.8 Å². The third-order valence-corrected chi connectivity index (χ3v) is 2.85. The molecule has 6 nitrogen and oxygen atoms in total. The third-order valence-electron chi connectivity index (χ3n) is 1.82. The van der Waals surface area contributed by atoms with E-state index in [1.807, 2.05) is 0 Å². The summed E-state index contributed by atoms with van der Waals surface area (Å²) in [6, 6.07) is 1.47. The summed E-state index contributed by atoms with van der Waals surface area (Å²) in [5.41, 5.74) is -1.23. The van der Waals surface area contributed by atoms with E-state index in [4.69, 9.17) is 10.2 Å². The van der Waals surface area contributed by atoms with E-state index in [0.717, 1.165) is 17.8 Å². The minimum absolute atomic E-state index is 0.00782. The van der Waals surface area contributed by atoms with Gasteiger partial charge in [0.1, 0.15) is 11.4 Å². The predicted octanol–water partition coefficient (Wildman–Crippen LogP) is 1.52. The van der Waals surface area contributed by atoms with E-state index in [2.05, 4.69) is 0 Å². The van der Waals surface area contributed by atoms with E-state index in [1.54, 1.807) is 0 Å². The summed E-state index contributed by atoms with van der Waals surface area (Å²) in [6.07, 6.45) is 0. The molecule has 0 aromatic heterocycles. The summed E-state index contributed by atoms with van der Waals surface area (Å²) < 4.78 is 13.3. The zero-order chi connectivity index (χ0) is 13.0. The summed E-state index contributed by atoms with van der Waals surface area (Å²) in [5.74, 6) is -2.44. The maximum absolute atomic E-state index is 13.3. The Morgan fingerprint density at radius 1 is 1.53 bits per heavy atom. The maximum atomic E-state index is 13.3. The highest BCUT2D eigenvalue weighted by Gasteiger charge is 2.21. The average Bonchev–Trinajstić information content (AvgIpc) is 2.25. The van der Waals surface area contributed by atoms with Crippen LogP contribution in [-0.4, -0.2) is 33.5 Å². The summed E-state index contributed by atoms with van der Waals surface area (Å²) in [4.78, 5) is 20.5. The van der Waals surface area contributed by atoms with Crippen molar-refractivity contribution in [3.05, 3.63) is 33.6 Å². The van der Waals surface area contributed by atoms with Gasteiger partial charge < -0.3 is 10.2 Å². The molecule has 2 N–H and O–H groups in total. The molecule has 0 aliphatic heterocycles. The summed E-state index contributed by atoms with van der Waals surface area (Å²) >= 11 is 0.885. The first-order valence-electron chi connectivity index (χ1n) is 4.42. The number of aliphatic hydroxyl groups excluding tert-OH is 1. The lowest BCUT2D eigenvalue weighted by atomic mass is 10.2. The van der Waals surface area contributed by atoms with Gasteiger partial charge in [0.2, 0.25) is 0 Å². The van der Waals surface area contributed by atoms with E-state index in [9.17, 15) is 19.3 Å². The second-order valence-corrected chi connectivity index (χ2v) is 4.07. The zero-order valence-electron chi connectivity index (χ0n) is 8.42. The van der Waals surface area contributed by atoms with Crippen molar-refractivity contribution in [2.75, 3.05) is 12.4 Å². The Bertz CT molecular complexity index is 465. The van der Waals surface area contributed by atoms with Crippen LogP contribution in [0.1, 0.15) is 10.4 Å². The number of hydrogen-bond donors (Lipinski definition) is 2. The zero-order valence-corrected chi connectivity index (χ0v) is 9.24. The van der Waals surface area contributed by atoms with Gasteiger partial charge in [0.25, 0.3) is 5.69 Å². The van der Waals surface area contributed by atoms with Crippen LogP contribution in [0.5, 0.6) is 0 Å². The van der Waals surface area contributed by atoms with Crippen LogP contribution < -0.4 is 0 Å². The summed E-state index contributed by atoms with van der Waals surface area (Å²) in [5, 5.41) is 27.9. The molecule has 0 aliphatic rings. The normalized spacial score (nSPS) is 10.2. The molecule has 0 atom stereocenters. The van der Waals surface area contributed by atoms with E-state index in [-0.39, 0.29) is 17.3 Å². The lowest BCUT2D eigenvalue weighted by Gasteiger charge is -2.04. The highest BCUT2D eigenvalue weighted by Crippen LogP contribution is 2.31. The Hall–Kier alpha value is -1.67. The molecular formula is C9H8FNO5S. The Morgan fingerprint density at radius 2 is 2.18 bits per heavy atom. The van der Waals surface area contributed by atoms with Crippen molar-refractivity contribution >= 4 is 23.4 Å². The first-order chi connectivity index (χ1) is 7.97. The van der Waals surface area contributed by atoms with Crippen LogP contribution in [-0.2, 0) is 0 Å². The fourth-order valence-corrected chi connectivity index (χ4v) is 1.90. The van der Waals surface area contributed by atoms with Crippen LogP contribution in [0.4, 0.5) is 10.1 Å².